The van der Waals surface area contributed by atoms with Gasteiger partial charge in [0.05, 0.1) is 17.7 Å². The van der Waals surface area contributed by atoms with Crippen LogP contribution in [0.15, 0.2) is 18.2 Å². The molecule has 7 nitrogen and oxygen atoms in total. The van der Waals surface area contributed by atoms with Crippen molar-refractivity contribution in [2.45, 2.75) is 32.7 Å². The largest absolute Gasteiger partial charge is 0.384 e. The summed E-state index contributed by atoms with van der Waals surface area (Å²) in [6.45, 7) is 6.25. The number of carbonyl (C=O) groups is 3. The van der Waals surface area contributed by atoms with Gasteiger partial charge in [-0.1, -0.05) is 11.6 Å². The van der Waals surface area contributed by atoms with E-state index in [2.05, 4.69) is 10.6 Å². The molecule has 0 aromatic heterocycles. The van der Waals surface area contributed by atoms with Crippen LogP contribution in [0.2, 0.25) is 0 Å². The van der Waals surface area contributed by atoms with Crippen LogP contribution in [-0.2, 0) is 9.53 Å². The molecule has 3 rings (SSSR count). The Labute approximate surface area is 159 Å². The van der Waals surface area contributed by atoms with Crippen molar-refractivity contribution >= 4 is 17.7 Å². The Kier molecular flexibility index (Phi) is 5.62. The van der Waals surface area contributed by atoms with E-state index in [1.165, 1.54) is 0 Å². The molecule has 2 N–H and O–H groups in total. The second kappa shape index (κ2) is 7.78. The molecule has 7 heteroatoms. The zero-order chi connectivity index (χ0) is 19.6. The lowest BCUT2D eigenvalue weighted by Crippen LogP contribution is -2.52. The molecular weight excluding hydrogens is 346 g/mol. The minimum absolute atomic E-state index is 0.117. The van der Waals surface area contributed by atoms with E-state index >= 15 is 0 Å². The van der Waals surface area contributed by atoms with Crippen molar-refractivity contribution in [1.29, 1.82) is 0 Å². The summed E-state index contributed by atoms with van der Waals surface area (Å²) in [5.41, 5.74) is 1.52. The number of nitrogens with one attached hydrogen (secondary N) is 2. The molecule has 0 saturated carbocycles. The first-order valence-corrected chi connectivity index (χ1v) is 9.34. The van der Waals surface area contributed by atoms with Gasteiger partial charge in [-0.15, -0.1) is 0 Å². The van der Waals surface area contributed by atoms with Crippen LogP contribution in [0.3, 0.4) is 0 Å². The first-order valence-electron chi connectivity index (χ1n) is 9.34. The maximum atomic E-state index is 12.7. The molecule has 1 unspecified atom stereocenters. The number of fused-ring (bicyclic) bond motifs is 1. The summed E-state index contributed by atoms with van der Waals surface area (Å²) in [5, 5.41) is 6.25. The third-order valence-corrected chi connectivity index (χ3v) is 5.59. The molecule has 1 aromatic carbocycles. The highest BCUT2D eigenvalue weighted by atomic mass is 16.5. The van der Waals surface area contributed by atoms with E-state index in [1.807, 2.05) is 6.92 Å². The molecule has 0 bridgehead atoms. The van der Waals surface area contributed by atoms with E-state index in [9.17, 15) is 14.4 Å². The van der Waals surface area contributed by atoms with Gasteiger partial charge in [-0.2, -0.15) is 0 Å². The molecular formula is C20H27N3O4. The zero-order valence-corrected chi connectivity index (χ0v) is 16.1. The van der Waals surface area contributed by atoms with Crippen LogP contribution in [0.5, 0.6) is 0 Å². The first kappa shape index (κ1) is 19.5. The molecule has 1 atom stereocenters. The number of piperidine rings is 1. The lowest BCUT2D eigenvalue weighted by Gasteiger charge is -2.37. The predicted molar refractivity (Wildman–Crippen MR) is 101 cm³/mol. The Morgan fingerprint density at radius 1 is 1.26 bits per heavy atom. The molecule has 3 amide bonds. The van der Waals surface area contributed by atoms with Gasteiger partial charge in [0.15, 0.2) is 0 Å². The van der Waals surface area contributed by atoms with Crippen LogP contribution < -0.4 is 10.6 Å². The van der Waals surface area contributed by atoms with E-state index in [-0.39, 0.29) is 11.3 Å². The topological polar surface area (TPSA) is 87.7 Å². The second-order valence-corrected chi connectivity index (χ2v) is 7.61. The highest BCUT2D eigenvalue weighted by molar-refractivity contribution is 6.22. The van der Waals surface area contributed by atoms with Gasteiger partial charge in [0.1, 0.15) is 6.04 Å². The number of methoxy groups -OCH3 is 1. The molecule has 146 valence electrons. The zero-order valence-electron chi connectivity index (χ0n) is 16.1. The highest BCUT2D eigenvalue weighted by Crippen LogP contribution is 2.29. The van der Waals surface area contributed by atoms with Crippen molar-refractivity contribution in [2.24, 2.45) is 5.41 Å². The first-order chi connectivity index (χ1) is 12.9. The summed E-state index contributed by atoms with van der Waals surface area (Å²) >= 11 is 0. The van der Waals surface area contributed by atoms with Crippen molar-refractivity contribution in [1.82, 2.24) is 15.5 Å². The Morgan fingerprint density at radius 2 is 1.93 bits per heavy atom. The van der Waals surface area contributed by atoms with Gasteiger partial charge >= 0.3 is 0 Å². The number of imide groups is 1. The van der Waals surface area contributed by atoms with Crippen LogP contribution in [0.4, 0.5) is 0 Å². The Morgan fingerprint density at radius 3 is 2.59 bits per heavy atom. The number of hydrogen-bond acceptors (Lipinski definition) is 5. The van der Waals surface area contributed by atoms with E-state index < -0.39 is 17.9 Å². The maximum absolute atomic E-state index is 12.7. The average Bonchev–Trinajstić information content (AvgIpc) is 2.90. The molecule has 1 saturated heterocycles. The van der Waals surface area contributed by atoms with Gasteiger partial charge in [-0.3, -0.25) is 19.3 Å². The number of benzene rings is 1. The second-order valence-electron chi connectivity index (χ2n) is 7.61. The van der Waals surface area contributed by atoms with E-state index in [4.69, 9.17) is 4.74 Å². The number of amides is 3. The number of aryl methyl sites for hydroxylation is 1. The minimum atomic E-state index is -0.862. The molecule has 0 spiro atoms. The lowest BCUT2D eigenvalue weighted by atomic mass is 9.79. The normalized spacial score (nSPS) is 19.7. The standard InChI is InChI=1S/C20H27N3O4/c1-13-4-5-15-16(10-13)19(26)23(18(15)25)14(2)17(24)22-11-20(12-27-3)6-8-21-9-7-20/h4-5,10,14,21H,6-9,11-12H2,1-3H3,(H,22,24). The van der Waals surface area contributed by atoms with Crippen LogP contribution in [0.25, 0.3) is 0 Å². The van der Waals surface area contributed by atoms with Gasteiger partial charge in [-0.05, 0) is 51.9 Å². The fraction of sp³-hybridized carbons (Fsp3) is 0.550. The van der Waals surface area contributed by atoms with E-state index in [0.29, 0.717) is 24.3 Å². The van der Waals surface area contributed by atoms with E-state index in [1.54, 1.807) is 32.2 Å². The molecule has 0 radical (unpaired) electrons. The Hall–Kier alpha value is -2.25. The number of rotatable bonds is 6. The van der Waals surface area contributed by atoms with E-state index in [0.717, 1.165) is 36.4 Å². The third-order valence-electron chi connectivity index (χ3n) is 5.59. The fourth-order valence-electron chi connectivity index (χ4n) is 3.90. The average molecular weight is 373 g/mol. The molecule has 1 fully saturated rings. The summed E-state index contributed by atoms with van der Waals surface area (Å²) < 4.78 is 5.37. The third kappa shape index (κ3) is 3.75. The fourth-order valence-corrected chi connectivity index (χ4v) is 3.90. The SMILES string of the molecule is COCC1(CNC(=O)C(C)N2C(=O)c3ccc(C)cc3C2=O)CCNCC1. The summed E-state index contributed by atoms with van der Waals surface area (Å²) in [7, 11) is 1.66. The number of hydrogen-bond donors (Lipinski definition) is 2. The van der Waals surface area contributed by atoms with Crippen molar-refractivity contribution in [3.8, 4) is 0 Å². The van der Waals surface area contributed by atoms with Gasteiger partial charge < -0.3 is 15.4 Å². The van der Waals surface area contributed by atoms with Gasteiger partial charge in [0, 0.05) is 19.1 Å². The summed E-state index contributed by atoms with van der Waals surface area (Å²) in [6.07, 6.45) is 1.81. The summed E-state index contributed by atoms with van der Waals surface area (Å²) in [5.74, 6) is -1.14. The molecule has 2 aliphatic heterocycles. The van der Waals surface area contributed by atoms with Crippen LogP contribution in [-0.4, -0.2) is 62.0 Å². The molecule has 0 aliphatic carbocycles. The molecule has 1 aromatic rings. The van der Waals surface area contributed by atoms with Gasteiger partial charge in [-0.25, -0.2) is 0 Å². The number of ether oxygens (including phenoxy) is 1. The summed E-state index contributed by atoms with van der Waals surface area (Å²) in [4.78, 5) is 39.1. The minimum Gasteiger partial charge on any atom is -0.384 e. The molecule has 27 heavy (non-hydrogen) atoms. The van der Waals surface area contributed by atoms with Crippen molar-refractivity contribution in [3.63, 3.8) is 0 Å². The predicted octanol–water partition coefficient (Wildman–Crippen LogP) is 1.11. The Bertz CT molecular complexity index is 750. The molecule has 2 aliphatic rings. The Balaban J connectivity index is 1.69. The maximum Gasteiger partial charge on any atom is 0.262 e. The molecule has 2 heterocycles. The van der Waals surface area contributed by atoms with Gasteiger partial charge in [0.2, 0.25) is 5.91 Å². The van der Waals surface area contributed by atoms with Gasteiger partial charge in [0.25, 0.3) is 11.8 Å². The number of carbonyl (C=O) groups excluding carboxylic acids is 3. The van der Waals surface area contributed by atoms with Crippen molar-refractivity contribution < 1.29 is 19.1 Å². The quantitative estimate of drug-likeness (QED) is 0.730. The van der Waals surface area contributed by atoms with Crippen LogP contribution in [0.1, 0.15) is 46.0 Å². The van der Waals surface area contributed by atoms with Crippen LogP contribution in [0, 0.1) is 12.3 Å². The van der Waals surface area contributed by atoms with Crippen molar-refractivity contribution in [2.75, 3.05) is 33.4 Å². The number of nitrogens with zero attached hydrogens (tertiary/aromatic N) is 1. The lowest BCUT2D eigenvalue weighted by molar-refractivity contribution is -0.125. The highest BCUT2D eigenvalue weighted by Gasteiger charge is 2.41. The monoisotopic (exact) mass is 373 g/mol. The van der Waals surface area contributed by atoms with Crippen LogP contribution >= 0.6 is 0 Å². The smallest absolute Gasteiger partial charge is 0.262 e. The summed E-state index contributed by atoms with van der Waals surface area (Å²) in [6, 6.07) is 4.28. The van der Waals surface area contributed by atoms with Crippen molar-refractivity contribution in [3.05, 3.63) is 34.9 Å².